The normalized spacial score (nSPS) is 14.0. The summed E-state index contributed by atoms with van der Waals surface area (Å²) in [7, 11) is 0. The van der Waals surface area contributed by atoms with Crippen molar-refractivity contribution in [3.05, 3.63) is 107 Å². The number of hydrogen-bond donors (Lipinski definition) is 2. The van der Waals surface area contributed by atoms with Crippen LogP contribution in [0.15, 0.2) is 78.9 Å². The molecule has 0 spiro atoms. The lowest BCUT2D eigenvalue weighted by molar-refractivity contribution is -0.139. The maximum atomic E-state index is 15.3. The number of nitrogens with zero attached hydrogens (tertiary/aromatic N) is 1. The molecule has 8 heteroatoms. The summed E-state index contributed by atoms with van der Waals surface area (Å²) in [5.41, 5.74) is 3.00. The Morgan fingerprint density at radius 3 is 2.14 bits per heavy atom. The molecule has 7 nitrogen and oxygen atoms in total. The van der Waals surface area contributed by atoms with E-state index in [-0.39, 0.29) is 13.0 Å². The molecular formula is C35H34FNO6. The van der Waals surface area contributed by atoms with Gasteiger partial charge in [0.15, 0.2) is 0 Å². The number of ether oxygens (including phenoxy) is 2. The van der Waals surface area contributed by atoms with Crippen molar-refractivity contribution in [3.63, 3.8) is 0 Å². The molecule has 0 unspecified atom stereocenters. The highest BCUT2D eigenvalue weighted by molar-refractivity contribution is 5.95. The van der Waals surface area contributed by atoms with Crippen molar-refractivity contribution in [2.24, 2.45) is 5.41 Å². The molecule has 1 saturated carbocycles. The van der Waals surface area contributed by atoms with E-state index in [1.165, 1.54) is 6.07 Å². The number of aromatic nitrogens is 1. The van der Waals surface area contributed by atoms with Crippen LogP contribution in [0.2, 0.25) is 0 Å². The first-order chi connectivity index (χ1) is 20.7. The number of para-hydroxylation sites is 1. The van der Waals surface area contributed by atoms with Crippen molar-refractivity contribution >= 4 is 35.0 Å². The van der Waals surface area contributed by atoms with Crippen molar-refractivity contribution in [2.75, 3.05) is 13.2 Å². The molecule has 2 N–H and O–H groups in total. The quantitative estimate of drug-likeness (QED) is 0.121. The van der Waals surface area contributed by atoms with Crippen molar-refractivity contribution in [2.45, 2.75) is 39.2 Å². The van der Waals surface area contributed by atoms with Crippen LogP contribution >= 0.6 is 0 Å². The van der Waals surface area contributed by atoms with E-state index < -0.39 is 23.2 Å². The summed E-state index contributed by atoms with van der Waals surface area (Å²) in [6.45, 7) is 2.31. The number of rotatable bonds is 14. The Labute approximate surface area is 249 Å². The van der Waals surface area contributed by atoms with E-state index in [9.17, 15) is 19.8 Å². The van der Waals surface area contributed by atoms with E-state index in [1.54, 1.807) is 17.6 Å². The Morgan fingerprint density at radius 2 is 1.53 bits per heavy atom. The molecule has 0 aliphatic heterocycles. The second-order valence-corrected chi connectivity index (χ2v) is 11.0. The largest absolute Gasteiger partial charge is 0.490 e. The van der Waals surface area contributed by atoms with Gasteiger partial charge >= 0.3 is 11.9 Å². The smallest absolute Gasteiger partial charge is 0.323 e. The second-order valence-electron chi connectivity index (χ2n) is 11.0. The maximum Gasteiger partial charge on any atom is 0.323 e. The van der Waals surface area contributed by atoms with Crippen LogP contribution in [0.25, 0.3) is 23.1 Å². The standard InChI is InChI=1S/C35H34FNO6/c1-24-29(21-35(17-18-35)22-31(38)39)33-30(36)16-13-26(34(33)37(24)23-32(40)41)12-9-25-10-14-28(15-11-25)43-20-6-5-19-42-27-7-3-2-4-8-27/h2-16H,17-23H2,1H3,(H,38,39)(H,40,41). The zero-order valence-electron chi connectivity index (χ0n) is 24.0. The molecule has 4 aromatic rings. The summed E-state index contributed by atoms with van der Waals surface area (Å²) in [5, 5.41) is 19.4. The Hall–Kier alpha value is -4.85. The third kappa shape index (κ3) is 7.33. The summed E-state index contributed by atoms with van der Waals surface area (Å²) in [6.07, 6.45) is 9.45. The molecule has 5 rings (SSSR count). The molecule has 0 saturated heterocycles. The lowest BCUT2D eigenvalue weighted by Gasteiger charge is -2.13. The van der Waals surface area contributed by atoms with Gasteiger partial charge < -0.3 is 24.3 Å². The number of halogens is 1. The molecule has 1 aliphatic rings. The average molecular weight is 584 g/mol. The molecule has 222 valence electrons. The van der Waals surface area contributed by atoms with Gasteiger partial charge in [0.25, 0.3) is 0 Å². The van der Waals surface area contributed by atoms with E-state index in [4.69, 9.17) is 9.47 Å². The average Bonchev–Trinajstić information content (AvgIpc) is 3.68. The first kappa shape index (κ1) is 29.6. The fourth-order valence-electron chi connectivity index (χ4n) is 5.45. The lowest BCUT2D eigenvalue weighted by Crippen LogP contribution is -2.13. The van der Waals surface area contributed by atoms with E-state index in [0.29, 0.717) is 53.1 Å². The lowest BCUT2D eigenvalue weighted by atomic mass is 9.91. The molecule has 1 heterocycles. The fraction of sp³-hybridized carbons (Fsp3) is 0.257. The Balaban J connectivity index is 1.31. The Bertz CT molecular complexity index is 1670. The zero-order chi connectivity index (χ0) is 30.4. The first-order valence-electron chi connectivity index (χ1n) is 14.2. The minimum Gasteiger partial charge on any atom is -0.490 e. The van der Waals surface area contributed by atoms with Crippen LogP contribution in [0, 0.1) is 18.2 Å². The van der Waals surface area contributed by atoms with Gasteiger partial charge in [-0.3, -0.25) is 9.59 Å². The van der Waals surface area contributed by atoms with E-state index >= 15 is 4.39 Å². The molecule has 1 aliphatic carbocycles. The molecule has 0 radical (unpaired) electrons. The second kappa shape index (κ2) is 13.0. The highest BCUT2D eigenvalue weighted by Gasteiger charge is 2.45. The van der Waals surface area contributed by atoms with E-state index in [1.807, 2.05) is 78.9 Å². The number of carboxylic acids is 2. The van der Waals surface area contributed by atoms with Crippen LogP contribution < -0.4 is 9.47 Å². The van der Waals surface area contributed by atoms with Crippen LogP contribution in [0.4, 0.5) is 4.39 Å². The maximum absolute atomic E-state index is 15.3. The van der Waals surface area contributed by atoms with Crippen molar-refractivity contribution < 1.29 is 33.7 Å². The summed E-state index contributed by atoms with van der Waals surface area (Å²) >= 11 is 0. The van der Waals surface area contributed by atoms with Gasteiger partial charge in [-0.1, -0.05) is 42.5 Å². The van der Waals surface area contributed by atoms with E-state index in [0.717, 1.165) is 24.2 Å². The van der Waals surface area contributed by atoms with Gasteiger partial charge in [0.2, 0.25) is 0 Å². The van der Waals surface area contributed by atoms with Crippen LogP contribution in [0.3, 0.4) is 0 Å². The van der Waals surface area contributed by atoms with Gasteiger partial charge in [-0.15, -0.1) is 0 Å². The van der Waals surface area contributed by atoms with Crippen LogP contribution in [-0.2, 0) is 22.6 Å². The van der Waals surface area contributed by atoms with Gasteiger partial charge in [-0.05, 0) is 96.8 Å². The van der Waals surface area contributed by atoms with Crippen molar-refractivity contribution in [1.29, 1.82) is 0 Å². The number of hydrogen-bond acceptors (Lipinski definition) is 4. The van der Waals surface area contributed by atoms with Crippen LogP contribution in [0.1, 0.15) is 41.6 Å². The predicted octanol–water partition coefficient (Wildman–Crippen LogP) is 7.16. The van der Waals surface area contributed by atoms with Crippen molar-refractivity contribution in [1.82, 2.24) is 4.57 Å². The Morgan fingerprint density at radius 1 is 0.884 bits per heavy atom. The molecule has 0 amide bonds. The van der Waals surface area contributed by atoms with Crippen LogP contribution in [0.5, 0.6) is 11.5 Å². The minimum atomic E-state index is -1.04. The summed E-state index contributed by atoms with van der Waals surface area (Å²) in [5.74, 6) is -0.837. The van der Waals surface area contributed by atoms with Gasteiger partial charge in [-0.25, -0.2) is 4.39 Å². The van der Waals surface area contributed by atoms with Gasteiger partial charge in [0.1, 0.15) is 37.1 Å². The Kier molecular flexibility index (Phi) is 8.95. The molecular weight excluding hydrogens is 549 g/mol. The number of benzene rings is 3. The minimum absolute atomic E-state index is 0.0118. The SMILES string of the molecule is Cc1c(CC2(CC(=O)O)CC2)c2c(F)ccc(C=Cc3ccc(OCC=CCOc4ccccc4)cc3)c2n1CC(=O)O. The first-order valence-corrected chi connectivity index (χ1v) is 14.2. The highest BCUT2D eigenvalue weighted by atomic mass is 19.1. The topological polar surface area (TPSA) is 98.0 Å². The molecule has 43 heavy (non-hydrogen) atoms. The predicted molar refractivity (Wildman–Crippen MR) is 164 cm³/mol. The molecule has 1 fully saturated rings. The molecule has 0 bridgehead atoms. The number of fused-ring (bicyclic) bond motifs is 1. The summed E-state index contributed by atoms with van der Waals surface area (Å²) < 4.78 is 28.4. The van der Waals surface area contributed by atoms with Gasteiger partial charge in [-0.2, -0.15) is 0 Å². The third-order valence-electron chi connectivity index (χ3n) is 7.84. The van der Waals surface area contributed by atoms with Gasteiger partial charge in [0.05, 0.1) is 11.9 Å². The fourth-order valence-corrected chi connectivity index (χ4v) is 5.45. The molecule has 3 aromatic carbocycles. The van der Waals surface area contributed by atoms with Crippen LogP contribution in [-0.4, -0.2) is 39.9 Å². The third-order valence-corrected chi connectivity index (χ3v) is 7.84. The highest BCUT2D eigenvalue weighted by Crippen LogP contribution is 2.53. The van der Waals surface area contributed by atoms with Crippen molar-refractivity contribution in [3.8, 4) is 11.5 Å². The number of carbonyl (C=O) groups is 2. The molecule has 1 aromatic heterocycles. The molecule has 0 atom stereocenters. The summed E-state index contributed by atoms with van der Waals surface area (Å²) in [4.78, 5) is 23.2. The zero-order valence-corrected chi connectivity index (χ0v) is 24.0. The van der Waals surface area contributed by atoms with E-state index in [2.05, 4.69) is 0 Å². The number of carboxylic acid groups (broad SMARTS) is 2. The monoisotopic (exact) mass is 583 g/mol. The number of aliphatic carboxylic acids is 2. The summed E-state index contributed by atoms with van der Waals surface area (Å²) in [6, 6.07) is 20.2. The van der Waals surface area contributed by atoms with Gasteiger partial charge in [0, 0.05) is 11.1 Å².